The highest BCUT2D eigenvalue weighted by Crippen LogP contribution is 2.24. The second kappa shape index (κ2) is 5.95. The zero-order chi connectivity index (χ0) is 14.6. The van der Waals surface area contributed by atoms with E-state index in [0.717, 1.165) is 5.56 Å². The van der Waals surface area contributed by atoms with Gasteiger partial charge in [0.15, 0.2) is 0 Å². The van der Waals surface area contributed by atoms with E-state index in [1.165, 1.54) is 13.0 Å². The van der Waals surface area contributed by atoms with Crippen molar-refractivity contribution in [2.24, 2.45) is 0 Å². The van der Waals surface area contributed by atoms with Crippen molar-refractivity contribution in [2.45, 2.75) is 39.5 Å². The maximum atomic E-state index is 13.2. The molecule has 0 spiro atoms. The molecule has 3 nitrogen and oxygen atoms in total. The van der Waals surface area contributed by atoms with Gasteiger partial charge in [-0.05, 0) is 31.0 Å². The lowest BCUT2D eigenvalue weighted by Gasteiger charge is -2.26. The summed E-state index contributed by atoms with van der Waals surface area (Å²) in [6.07, 6.45) is -0.0987. The third-order valence-corrected chi connectivity index (χ3v) is 3.08. The van der Waals surface area contributed by atoms with E-state index in [0.29, 0.717) is 12.1 Å². The summed E-state index contributed by atoms with van der Waals surface area (Å²) in [7, 11) is 0. The van der Waals surface area contributed by atoms with Crippen molar-refractivity contribution in [1.29, 1.82) is 0 Å². The summed E-state index contributed by atoms with van der Waals surface area (Å²) >= 11 is 0. The Labute approximate surface area is 113 Å². The molecule has 0 radical (unpaired) electrons. The van der Waals surface area contributed by atoms with Crippen LogP contribution in [0.1, 0.15) is 38.3 Å². The lowest BCUT2D eigenvalue weighted by atomic mass is 9.84. The predicted octanol–water partition coefficient (Wildman–Crippen LogP) is 2.51. The lowest BCUT2D eigenvalue weighted by Crippen LogP contribution is -2.37. The highest BCUT2D eigenvalue weighted by Gasteiger charge is 2.22. The van der Waals surface area contributed by atoms with Crippen molar-refractivity contribution >= 4 is 11.7 Å². The van der Waals surface area contributed by atoms with Crippen LogP contribution in [0.3, 0.4) is 0 Å². The van der Waals surface area contributed by atoms with E-state index >= 15 is 0 Å². The van der Waals surface area contributed by atoms with Crippen LogP contribution >= 0.6 is 0 Å². The van der Waals surface area contributed by atoms with Crippen LogP contribution in [0.2, 0.25) is 0 Å². The SMILES string of the molecule is CC(=O)CC(=O)NCC(C)(C)c1ccc(F)c(C)c1. The Balaban J connectivity index is 2.72. The van der Waals surface area contributed by atoms with Crippen molar-refractivity contribution in [2.75, 3.05) is 6.54 Å². The van der Waals surface area contributed by atoms with Gasteiger partial charge >= 0.3 is 0 Å². The zero-order valence-corrected chi connectivity index (χ0v) is 11.8. The lowest BCUT2D eigenvalue weighted by molar-refractivity contribution is -0.127. The Kier molecular flexibility index (Phi) is 4.81. The van der Waals surface area contributed by atoms with Gasteiger partial charge in [-0.2, -0.15) is 0 Å². The van der Waals surface area contributed by atoms with Crippen molar-refractivity contribution in [3.8, 4) is 0 Å². The molecule has 1 N–H and O–H groups in total. The first-order chi connectivity index (χ1) is 8.72. The second-order valence-corrected chi connectivity index (χ2v) is 5.50. The van der Waals surface area contributed by atoms with Crippen LogP contribution < -0.4 is 5.32 Å². The molecular formula is C15H20FNO2. The van der Waals surface area contributed by atoms with Gasteiger partial charge in [0.05, 0.1) is 6.42 Å². The number of ketones is 1. The van der Waals surface area contributed by atoms with E-state index in [1.807, 2.05) is 13.8 Å². The van der Waals surface area contributed by atoms with E-state index in [-0.39, 0.29) is 29.3 Å². The number of hydrogen-bond donors (Lipinski definition) is 1. The Morgan fingerprint density at radius 2 is 1.95 bits per heavy atom. The van der Waals surface area contributed by atoms with Gasteiger partial charge in [0.1, 0.15) is 11.6 Å². The van der Waals surface area contributed by atoms with Crippen LogP contribution in [0.5, 0.6) is 0 Å². The van der Waals surface area contributed by atoms with E-state index in [9.17, 15) is 14.0 Å². The van der Waals surface area contributed by atoms with Gasteiger partial charge in [-0.15, -0.1) is 0 Å². The Bertz CT molecular complexity index is 495. The third-order valence-electron chi connectivity index (χ3n) is 3.08. The molecule has 1 rings (SSSR count). The molecule has 1 aromatic carbocycles. The maximum absolute atomic E-state index is 13.2. The van der Waals surface area contributed by atoms with Crippen LogP contribution in [-0.4, -0.2) is 18.2 Å². The molecule has 1 amide bonds. The number of aryl methyl sites for hydroxylation is 1. The summed E-state index contributed by atoms with van der Waals surface area (Å²) < 4.78 is 13.2. The van der Waals surface area contributed by atoms with E-state index in [4.69, 9.17) is 0 Å². The first kappa shape index (κ1) is 15.3. The fraction of sp³-hybridized carbons (Fsp3) is 0.467. The predicted molar refractivity (Wildman–Crippen MR) is 72.5 cm³/mol. The molecule has 19 heavy (non-hydrogen) atoms. The Hall–Kier alpha value is -1.71. The molecule has 0 heterocycles. The van der Waals surface area contributed by atoms with Gasteiger partial charge in [-0.25, -0.2) is 4.39 Å². The van der Waals surface area contributed by atoms with Gasteiger partial charge in [-0.1, -0.05) is 26.0 Å². The average molecular weight is 265 g/mol. The molecular weight excluding hydrogens is 245 g/mol. The topological polar surface area (TPSA) is 46.2 Å². The standard InChI is InChI=1S/C15H20FNO2/c1-10-7-12(5-6-13(10)16)15(3,4)9-17-14(19)8-11(2)18/h5-7H,8-9H2,1-4H3,(H,17,19). The van der Waals surface area contributed by atoms with Crippen molar-refractivity contribution in [3.63, 3.8) is 0 Å². The number of rotatable bonds is 5. The van der Waals surface area contributed by atoms with Gasteiger partial charge in [0.25, 0.3) is 0 Å². The number of halogens is 1. The number of nitrogens with one attached hydrogen (secondary N) is 1. The Morgan fingerprint density at radius 1 is 1.32 bits per heavy atom. The molecule has 0 aliphatic carbocycles. The summed E-state index contributed by atoms with van der Waals surface area (Å²) in [5, 5.41) is 2.73. The highest BCUT2D eigenvalue weighted by atomic mass is 19.1. The minimum atomic E-state index is -0.315. The van der Waals surface area contributed by atoms with Crippen molar-refractivity contribution in [1.82, 2.24) is 5.32 Å². The molecule has 0 aromatic heterocycles. The Morgan fingerprint density at radius 3 is 2.47 bits per heavy atom. The van der Waals surface area contributed by atoms with Crippen molar-refractivity contribution < 1.29 is 14.0 Å². The van der Waals surface area contributed by atoms with Gasteiger partial charge in [0, 0.05) is 12.0 Å². The fourth-order valence-electron chi connectivity index (χ4n) is 1.78. The minimum Gasteiger partial charge on any atom is -0.355 e. The number of Topliss-reactive ketones (excluding diaryl/α,β-unsaturated/α-hetero) is 1. The minimum absolute atomic E-state index is 0.0987. The van der Waals surface area contributed by atoms with Crippen LogP contribution in [0.25, 0.3) is 0 Å². The van der Waals surface area contributed by atoms with Crippen LogP contribution in [0, 0.1) is 12.7 Å². The largest absolute Gasteiger partial charge is 0.355 e. The molecule has 0 atom stereocenters. The molecule has 0 saturated heterocycles. The molecule has 0 aliphatic rings. The number of carbonyl (C=O) groups is 2. The molecule has 4 heteroatoms. The highest BCUT2D eigenvalue weighted by molar-refractivity contribution is 5.96. The summed E-state index contributed by atoms with van der Waals surface area (Å²) in [6.45, 7) is 7.43. The number of benzene rings is 1. The molecule has 1 aromatic rings. The summed E-state index contributed by atoms with van der Waals surface area (Å²) in [5.41, 5.74) is 1.22. The summed E-state index contributed by atoms with van der Waals surface area (Å²) in [6, 6.07) is 4.94. The average Bonchev–Trinajstić information content (AvgIpc) is 2.29. The van der Waals surface area contributed by atoms with Gasteiger partial charge in [-0.3, -0.25) is 9.59 Å². The monoisotopic (exact) mass is 265 g/mol. The van der Waals surface area contributed by atoms with Crippen LogP contribution in [0.4, 0.5) is 4.39 Å². The molecule has 104 valence electrons. The zero-order valence-electron chi connectivity index (χ0n) is 11.8. The fourth-order valence-corrected chi connectivity index (χ4v) is 1.78. The molecule has 0 bridgehead atoms. The van der Waals surface area contributed by atoms with E-state index in [2.05, 4.69) is 5.32 Å². The molecule has 0 aliphatic heterocycles. The number of carbonyl (C=O) groups excluding carboxylic acids is 2. The maximum Gasteiger partial charge on any atom is 0.227 e. The quantitative estimate of drug-likeness (QED) is 0.831. The first-order valence-corrected chi connectivity index (χ1v) is 6.25. The number of amides is 1. The first-order valence-electron chi connectivity index (χ1n) is 6.25. The molecule has 0 fully saturated rings. The molecule has 0 unspecified atom stereocenters. The summed E-state index contributed by atoms with van der Waals surface area (Å²) in [5.74, 6) is -0.674. The summed E-state index contributed by atoms with van der Waals surface area (Å²) in [4.78, 5) is 22.3. The smallest absolute Gasteiger partial charge is 0.227 e. The van der Waals surface area contributed by atoms with Gasteiger partial charge < -0.3 is 5.32 Å². The molecule has 0 saturated carbocycles. The second-order valence-electron chi connectivity index (χ2n) is 5.50. The van der Waals surface area contributed by atoms with Gasteiger partial charge in [0.2, 0.25) is 5.91 Å². The van der Waals surface area contributed by atoms with E-state index in [1.54, 1.807) is 19.1 Å². The third kappa shape index (κ3) is 4.47. The normalized spacial score (nSPS) is 11.2. The van der Waals surface area contributed by atoms with E-state index < -0.39 is 0 Å². The number of hydrogen-bond acceptors (Lipinski definition) is 2. The van der Waals surface area contributed by atoms with Crippen LogP contribution in [-0.2, 0) is 15.0 Å². The van der Waals surface area contributed by atoms with Crippen LogP contribution in [0.15, 0.2) is 18.2 Å². The van der Waals surface area contributed by atoms with Crippen molar-refractivity contribution in [3.05, 3.63) is 35.1 Å².